The van der Waals surface area contributed by atoms with Crippen LogP contribution in [0.3, 0.4) is 0 Å². The summed E-state index contributed by atoms with van der Waals surface area (Å²) in [4.78, 5) is 1.05. The van der Waals surface area contributed by atoms with Gasteiger partial charge >= 0.3 is 6.61 Å². The minimum atomic E-state index is -2.80. The highest BCUT2D eigenvalue weighted by Gasteiger charge is 2.13. The van der Waals surface area contributed by atoms with Gasteiger partial charge in [0.25, 0.3) is 0 Å². The molecule has 1 unspecified atom stereocenters. The lowest BCUT2D eigenvalue weighted by Gasteiger charge is -2.09. The summed E-state index contributed by atoms with van der Waals surface area (Å²) in [6.07, 6.45) is 0. The highest BCUT2D eigenvalue weighted by molar-refractivity contribution is 9.09. The molecule has 0 fully saturated rings. The molecule has 0 saturated heterocycles. The van der Waals surface area contributed by atoms with Gasteiger partial charge in [-0.15, -0.1) is 11.3 Å². The molecule has 1 heterocycles. The fraction of sp³-hybridized carbons (Fsp3) is 0.167. The number of alkyl halides is 3. The molecule has 1 aromatic carbocycles. The quantitative estimate of drug-likeness (QED) is 0.661. The van der Waals surface area contributed by atoms with Gasteiger partial charge in [-0.1, -0.05) is 39.7 Å². The first-order chi connectivity index (χ1) is 8.56. The fourth-order valence-corrected chi connectivity index (χ4v) is 3.25. The highest BCUT2D eigenvalue weighted by atomic mass is 79.9. The molecule has 1 aromatic heterocycles. The second-order valence-corrected chi connectivity index (χ2v) is 6.11. The maximum atomic E-state index is 12.0. The smallest absolute Gasteiger partial charge is 0.387 e. The van der Waals surface area contributed by atoms with Crippen LogP contribution < -0.4 is 4.74 Å². The van der Waals surface area contributed by atoms with Crippen molar-refractivity contribution < 1.29 is 13.5 Å². The molecule has 0 aliphatic rings. The molecule has 1 nitrogen and oxygen atoms in total. The van der Waals surface area contributed by atoms with Crippen LogP contribution in [-0.4, -0.2) is 6.61 Å². The number of thiophene rings is 1. The van der Waals surface area contributed by atoms with Crippen molar-refractivity contribution in [2.45, 2.75) is 11.4 Å². The number of rotatable bonds is 4. The Hall–Kier alpha value is -0.650. The van der Waals surface area contributed by atoms with Crippen molar-refractivity contribution in [2.24, 2.45) is 0 Å². The zero-order valence-corrected chi connectivity index (χ0v) is 12.1. The van der Waals surface area contributed by atoms with E-state index in [0.29, 0.717) is 4.34 Å². The van der Waals surface area contributed by atoms with Crippen LogP contribution in [0, 0.1) is 0 Å². The van der Waals surface area contributed by atoms with Crippen LogP contribution in [0.4, 0.5) is 8.78 Å². The molecule has 2 aromatic rings. The van der Waals surface area contributed by atoms with E-state index >= 15 is 0 Å². The van der Waals surface area contributed by atoms with Gasteiger partial charge in [-0.25, -0.2) is 0 Å². The molecule has 0 N–H and O–H groups in total. The van der Waals surface area contributed by atoms with Crippen LogP contribution in [-0.2, 0) is 0 Å². The molecule has 1 atom stereocenters. The Labute approximate surface area is 120 Å². The molecule has 0 aliphatic heterocycles. The summed E-state index contributed by atoms with van der Waals surface area (Å²) in [6.45, 7) is -2.80. The predicted octanol–water partition coefficient (Wildman–Crippen LogP) is 5.49. The molecular formula is C12H8BrClF2OS. The molecule has 0 aliphatic carbocycles. The molecule has 0 saturated carbocycles. The Kier molecular flexibility index (Phi) is 4.59. The maximum Gasteiger partial charge on any atom is 0.387 e. The largest absolute Gasteiger partial charge is 0.435 e. The third-order valence-electron chi connectivity index (χ3n) is 2.24. The third kappa shape index (κ3) is 3.43. The lowest BCUT2D eigenvalue weighted by atomic mass is 10.1. The molecule has 0 radical (unpaired) electrons. The minimum Gasteiger partial charge on any atom is -0.435 e. The third-order valence-corrected chi connectivity index (χ3v) is 4.86. The number of hydrogen-bond acceptors (Lipinski definition) is 2. The van der Waals surface area contributed by atoms with E-state index in [2.05, 4.69) is 20.7 Å². The van der Waals surface area contributed by atoms with Crippen molar-refractivity contribution in [2.75, 3.05) is 0 Å². The average Bonchev–Trinajstić information content (AvgIpc) is 2.75. The van der Waals surface area contributed by atoms with Gasteiger partial charge in [-0.05, 0) is 29.8 Å². The van der Waals surface area contributed by atoms with Crippen molar-refractivity contribution in [1.82, 2.24) is 0 Å². The van der Waals surface area contributed by atoms with Crippen LogP contribution in [0.2, 0.25) is 4.34 Å². The second-order valence-electron chi connectivity index (χ2n) is 3.45. The van der Waals surface area contributed by atoms with Crippen LogP contribution in [0.25, 0.3) is 0 Å². The molecular weight excluding hydrogens is 346 g/mol. The molecule has 0 bridgehead atoms. The van der Waals surface area contributed by atoms with E-state index in [1.807, 2.05) is 12.1 Å². The Morgan fingerprint density at radius 3 is 2.28 bits per heavy atom. The SMILES string of the molecule is FC(F)Oc1ccc(C(Br)c2ccc(Cl)s2)cc1. The first-order valence-corrected chi connectivity index (χ1v) is 7.11. The van der Waals surface area contributed by atoms with Crippen LogP contribution in [0.15, 0.2) is 36.4 Å². The van der Waals surface area contributed by atoms with Gasteiger partial charge in [0.05, 0.1) is 9.16 Å². The van der Waals surface area contributed by atoms with Crippen molar-refractivity contribution in [3.05, 3.63) is 51.2 Å². The highest BCUT2D eigenvalue weighted by Crippen LogP contribution is 2.37. The van der Waals surface area contributed by atoms with Gasteiger partial charge in [0.2, 0.25) is 0 Å². The Balaban J connectivity index is 2.14. The van der Waals surface area contributed by atoms with E-state index in [9.17, 15) is 8.78 Å². The van der Waals surface area contributed by atoms with Crippen molar-refractivity contribution >= 4 is 38.9 Å². The van der Waals surface area contributed by atoms with Gasteiger partial charge in [-0.3, -0.25) is 0 Å². The summed E-state index contributed by atoms with van der Waals surface area (Å²) >= 11 is 10.9. The summed E-state index contributed by atoms with van der Waals surface area (Å²) in [7, 11) is 0. The van der Waals surface area contributed by atoms with Crippen molar-refractivity contribution in [3.63, 3.8) is 0 Å². The van der Waals surface area contributed by atoms with E-state index in [4.69, 9.17) is 11.6 Å². The van der Waals surface area contributed by atoms with Crippen LogP contribution in [0.5, 0.6) is 5.75 Å². The normalized spacial score (nSPS) is 12.7. The molecule has 0 spiro atoms. The van der Waals surface area contributed by atoms with Gasteiger partial charge in [0.15, 0.2) is 0 Å². The fourth-order valence-electron chi connectivity index (χ4n) is 1.45. The summed E-state index contributed by atoms with van der Waals surface area (Å²) in [5.41, 5.74) is 0.954. The van der Waals surface area contributed by atoms with E-state index in [1.165, 1.54) is 23.5 Å². The van der Waals surface area contributed by atoms with E-state index in [1.54, 1.807) is 12.1 Å². The Morgan fingerprint density at radius 2 is 1.78 bits per heavy atom. The summed E-state index contributed by atoms with van der Waals surface area (Å²) in [5, 5.41) is 0. The van der Waals surface area contributed by atoms with Gasteiger partial charge in [-0.2, -0.15) is 8.78 Å². The maximum absolute atomic E-state index is 12.0. The lowest BCUT2D eigenvalue weighted by Crippen LogP contribution is -2.01. The summed E-state index contributed by atoms with van der Waals surface area (Å²) in [5.74, 6) is 0.151. The molecule has 0 amide bonds. The van der Waals surface area contributed by atoms with Gasteiger partial charge < -0.3 is 4.74 Å². The predicted molar refractivity (Wildman–Crippen MR) is 73.2 cm³/mol. The van der Waals surface area contributed by atoms with Gasteiger partial charge in [0.1, 0.15) is 5.75 Å². The minimum absolute atomic E-state index is 0.00407. The van der Waals surface area contributed by atoms with Crippen molar-refractivity contribution in [3.8, 4) is 5.75 Å². The van der Waals surface area contributed by atoms with E-state index in [-0.39, 0.29) is 10.6 Å². The van der Waals surface area contributed by atoms with Crippen LogP contribution >= 0.6 is 38.9 Å². The standard InChI is InChI=1S/C12H8BrClF2OS/c13-11(9-5-6-10(14)18-9)7-1-3-8(4-2-7)17-12(15)16/h1-6,11-12H. The molecule has 2 rings (SSSR count). The van der Waals surface area contributed by atoms with Gasteiger partial charge in [0, 0.05) is 4.88 Å². The zero-order valence-electron chi connectivity index (χ0n) is 8.95. The molecule has 6 heteroatoms. The summed E-state index contributed by atoms with van der Waals surface area (Å²) < 4.78 is 29.0. The Morgan fingerprint density at radius 1 is 1.11 bits per heavy atom. The van der Waals surface area contributed by atoms with E-state index < -0.39 is 6.61 Å². The lowest BCUT2D eigenvalue weighted by molar-refractivity contribution is -0.0498. The first kappa shape index (κ1) is 13.8. The average molecular weight is 354 g/mol. The summed E-state index contributed by atoms with van der Waals surface area (Å²) in [6, 6.07) is 10.3. The molecule has 18 heavy (non-hydrogen) atoms. The number of benzene rings is 1. The zero-order chi connectivity index (χ0) is 13.1. The first-order valence-electron chi connectivity index (χ1n) is 5.00. The molecule has 96 valence electrons. The van der Waals surface area contributed by atoms with E-state index in [0.717, 1.165) is 10.4 Å². The number of halogens is 4. The van der Waals surface area contributed by atoms with Crippen LogP contribution in [0.1, 0.15) is 15.3 Å². The topological polar surface area (TPSA) is 9.23 Å². The number of hydrogen-bond donors (Lipinski definition) is 0. The Bertz CT molecular complexity index is 515. The monoisotopic (exact) mass is 352 g/mol. The number of ether oxygens (including phenoxy) is 1. The van der Waals surface area contributed by atoms with Crippen molar-refractivity contribution in [1.29, 1.82) is 0 Å². The second kappa shape index (κ2) is 5.99.